The third-order valence-corrected chi connectivity index (χ3v) is 4.74. The topological polar surface area (TPSA) is 47.3 Å². The summed E-state index contributed by atoms with van der Waals surface area (Å²) in [6.07, 6.45) is 1.33. The van der Waals surface area contributed by atoms with Crippen LogP contribution in [0, 0.1) is 11.6 Å². The van der Waals surface area contributed by atoms with Gasteiger partial charge in [0.25, 0.3) is 5.56 Å². The largest absolute Gasteiger partial charge is 0.281 e. The number of rotatable bonds is 3. The van der Waals surface area contributed by atoms with Crippen LogP contribution < -0.4 is 5.56 Å². The van der Waals surface area contributed by atoms with Gasteiger partial charge in [-0.2, -0.15) is 10.1 Å². The molecule has 2 aromatic heterocycles. The van der Waals surface area contributed by atoms with Crippen LogP contribution in [-0.4, -0.2) is 14.6 Å². The predicted octanol–water partition coefficient (Wildman–Crippen LogP) is 4.19. The zero-order valence-electron chi connectivity index (χ0n) is 13.3. The van der Waals surface area contributed by atoms with Crippen molar-refractivity contribution in [2.45, 2.75) is 9.92 Å². The van der Waals surface area contributed by atoms with E-state index in [1.54, 1.807) is 12.1 Å². The van der Waals surface area contributed by atoms with Crippen LogP contribution >= 0.6 is 11.8 Å². The number of benzene rings is 2. The SMILES string of the molecule is O=c1ncn2nc(Sc3ccc(F)cc3F)ccc2c1-c1ccccc1. The van der Waals surface area contributed by atoms with Crippen molar-refractivity contribution < 1.29 is 8.78 Å². The monoisotopic (exact) mass is 367 g/mol. The highest BCUT2D eigenvalue weighted by Crippen LogP contribution is 2.29. The number of nitrogens with zero attached hydrogens (tertiary/aromatic N) is 3. The van der Waals surface area contributed by atoms with Crippen LogP contribution in [0.15, 0.2) is 81.7 Å². The highest BCUT2D eigenvalue weighted by atomic mass is 32.2. The first-order valence-electron chi connectivity index (χ1n) is 7.69. The second kappa shape index (κ2) is 6.68. The molecule has 0 aliphatic carbocycles. The Labute approximate surface area is 151 Å². The molecule has 128 valence electrons. The molecule has 0 fully saturated rings. The summed E-state index contributed by atoms with van der Waals surface area (Å²) in [6, 6.07) is 16.0. The molecular weight excluding hydrogens is 356 g/mol. The summed E-state index contributed by atoms with van der Waals surface area (Å²) in [5.41, 5.74) is 1.45. The van der Waals surface area contributed by atoms with E-state index in [-0.39, 0.29) is 10.5 Å². The van der Waals surface area contributed by atoms with Crippen LogP contribution in [-0.2, 0) is 0 Å². The Morgan fingerprint density at radius 3 is 2.54 bits per heavy atom. The Bertz CT molecular complexity index is 1160. The molecule has 2 aromatic carbocycles. The molecule has 7 heteroatoms. The van der Waals surface area contributed by atoms with Gasteiger partial charge in [-0.1, -0.05) is 42.1 Å². The summed E-state index contributed by atoms with van der Waals surface area (Å²) in [5, 5.41) is 4.87. The van der Waals surface area contributed by atoms with Crippen LogP contribution in [0.4, 0.5) is 8.78 Å². The predicted molar refractivity (Wildman–Crippen MR) is 95.2 cm³/mol. The van der Waals surface area contributed by atoms with Gasteiger partial charge in [0, 0.05) is 11.0 Å². The molecule has 0 atom stereocenters. The summed E-state index contributed by atoms with van der Waals surface area (Å²) in [5.74, 6) is -1.28. The van der Waals surface area contributed by atoms with Gasteiger partial charge >= 0.3 is 0 Å². The fourth-order valence-corrected chi connectivity index (χ4v) is 3.37. The molecule has 0 spiro atoms. The Hall–Kier alpha value is -3.06. The van der Waals surface area contributed by atoms with Crippen LogP contribution in [0.5, 0.6) is 0 Å². The Balaban J connectivity index is 1.79. The first-order valence-corrected chi connectivity index (χ1v) is 8.50. The minimum absolute atomic E-state index is 0.260. The average Bonchev–Trinajstić information content (AvgIpc) is 2.65. The molecule has 0 N–H and O–H groups in total. The second-order valence-corrected chi connectivity index (χ2v) is 6.53. The van der Waals surface area contributed by atoms with E-state index in [4.69, 9.17) is 0 Å². The summed E-state index contributed by atoms with van der Waals surface area (Å²) in [4.78, 5) is 16.4. The average molecular weight is 367 g/mol. The zero-order chi connectivity index (χ0) is 18.1. The summed E-state index contributed by atoms with van der Waals surface area (Å²) >= 11 is 1.06. The Kier molecular flexibility index (Phi) is 4.22. The molecule has 4 rings (SSSR count). The van der Waals surface area contributed by atoms with E-state index < -0.39 is 11.6 Å². The molecule has 0 aliphatic rings. The van der Waals surface area contributed by atoms with E-state index in [1.807, 2.05) is 30.3 Å². The first kappa shape index (κ1) is 16.4. The molecule has 0 amide bonds. The lowest BCUT2D eigenvalue weighted by molar-refractivity contribution is 0.565. The van der Waals surface area contributed by atoms with Crippen LogP contribution in [0.3, 0.4) is 0 Å². The Morgan fingerprint density at radius 1 is 0.962 bits per heavy atom. The molecule has 0 bridgehead atoms. The quantitative estimate of drug-likeness (QED) is 0.545. The standard InChI is InChI=1S/C19H11F2N3OS/c20-13-6-8-16(14(21)10-13)26-17-9-7-15-18(12-4-2-1-3-5-12)19(25)22-11-24(15)23-17/h1-11H. The lowest BCUT2D eigenvalue weighted by atomic mass is 10.1. The molecule has 2 heterocycles. The fraction of sp³-hybridized carbons (Fsp3) is 0. The van der Waals surface area contributed by atoms with Gasteiger partial charge in [-0.05, 0) is 29.8 Å². The van der Waals surface area contributed by atoms with Crippen LogP contribution in [0.25, 0.3) is 16.6 Å². The van der Waals surface area contributed by atoms with Gasteiger partial charge in [-0.15, -0.1) is 0 Å². The normalized spacial score (nSPS) is 11.0. The molecule has 4 nitrogen and oxygen atoms in total. The van der Waals surface area contributed by atoms with Gasteiger partial charge in [-0.3, -0.25) is 4.79 Å². The molecular formula is C19H11F2N3OS. The van der Waals surface area contributed by atoms with E-state index in [0.29, 0.717) is 16.1 Å². The Morgan fingerprint density at radius 2 is 1.77 bits per heavy atom. The fourth-order valence-electron chi connectivity index (χ4n) is 2.59. The van der Waals surface area contributed by atoms with Crippen molar-refractivity contribution in [3.05, 3.63) is 89.0 Å². The number of hydrogen-bond donors (Lipinski definition) is 0. The number of halogens is 2. The van der Waals surface area contributed by atoms with Crippen molar-refractivity contribution in [3.8, 4) is 11.1 Å². The van der Waals surface area contributed by atoms with Crippen molar-refractivity contribution in [1.29, 1.82) is 0 Å². The molecule has 0 saturated heterocycles. The molecule has 0 saturated carbocycles. The summed E-state index contributed by atoms with van der Waals surface area (Å²) < 4.78 is 28.4. The van der Waals surface area contributed by atoms with Gasteiger partial charge in [0.15, 0.2) is 0 Å². The van der Waals surface area contributed by atoms with Crippen molar-refractivity contribution in [2.24, 2.45) is 0 Å². The van der Waals surface area contributed by atoms with Crippen LogP contribution in [0.1, 0.15) is 0 Å². The first-order chi connectivity index (χ1) is 12.6. The molecule has 26 heavy (non-hydrogen) atoms. The van der Waals surface area contributed by atoms with Crippen molar-refractivity contribution >= 4 is 17.3 Å². The highest BCUT2D eigenvalue weighted by Gasteiger charge is 2.12. The van der Waals surface area contributed by atoms with Gasteiger partial charge in [0.1, 0.15) is 23.0 Å². The molecule has 0 aliphatic heterocycles. The van der Waals surface area contributed by atoms with Gasteiger partial charge in [0.2, 0.25) is 0 Å². The van der Waals surface area contributed by atoms with Gasteiger partial charge in [0.05, 0.1) is 11.1 Å². The lowest BCUT2D eigenvalue weighted by Gasteiger charge is -2.08. The van der Waals surface area contributed by atoms with Gasteiger partial charge in [-0.25, -0.2) is 13.3 Å². The minimum atomic E-state index is -0.653. The molecule has 0 unspecified atom stereocenters. The third-order valence-electron chi connectivity index (χ3n) is 3.76. The maximum absolute atomic E-state index is 13.8. The molecule has 4 aromatic rings. The maximum atomic E-state index is 13.8. The maximum Gasteiger partial charge on any atom is 0.281 e. The van der Waals surface area contributed by atoms with E-state index in [9.17, 15) is 13.6 Å². The third kappa shape index (κ3) is 3.09. The lowest BCUT2D eigenvalue weighted by Crippen LogP contribution is -2.13. The number of aromatic nitrogens is 3. The summed E-state index contributed by atoms with van der Waals surface area (Å²) in [7, 11) is 0. The highest BCUT2D eigenvalue weighted by molar-refractivity contribution is 7.99. The zero-order valence-corrected chi connectivity index (χ0v) is 14.1. The molecule has 0 radical (unpaired) electrons. The van der Waals surface area contributed by atoms with Gasteiger partial charge < -0.3 is 0 Å². The smallest absolute Gasteiger partial charge is 0.267 e. The van der Waals surface area contributed by atoms with Crippen LogP contribution in [0.2, 0.25) is 0 Å². The van der Waals surface area contributed by atoms with Crippen molar-refractivity contribution in [1.82, 2.24) is 14.6 Å². The van der Waals surface area contributed by atoms with Crippen molar-refractivity contribution in [3.63, 3.8) is 0 Å². The summed E-state index contributed by atoms with van der Waals surface area (Å²) in [6.45, 7) is 0. The van der Waals surface area contributed by atoms with E-state index in [0.717, 1.165) is 23.4 Å². The number of fused-ring (bicyclic) bond motifs is 1. The van der Waals surface area contributed by atoms with Crippen molar-refractivity contribution in [2.75, 3.05) is 0 Å². The van der Waals surface area contributed by atoms with E-state index >= 15 is 0 Å². The minimum Gasteiger partial charge on any atom is -0.267 e. The number of hydrogen-bond acceptors (Lipinski definition) is 4. The van der Waals surface area contributed by atoms with E-state index in [1.165, 1.54) is 23.0 Å². The van der Waals surface area contributed by atoms with E-state index in [2.05, 4.69) is 10.1 Å². The second-order valence-electron chi connectivity index (χ2n) is 5.47.